The molecule has 21 heavy (non-hydrogen) atoms. The molecule has 2 rings (SSSR count). The Bertz CT molecular complexity index is 491. The van der Waals surface area contributed by atoms with E-state index in [1.165, 1.54) is 24.9 Å². The third-order valence-corrected chi connectivity index (χ3v) is 3.98. The van der Waals surface area contributed by atoms with Gasteiger partial charge in [0.1, 0.15) is 0 Å². The summed E-state index contributed by atoms with van der Waals surface area (Å²) in [6.07, 6.45) is 2.38. The Morgan fingerprint density at radius 2 is 1.86 bits per heavy atom. The number of methoxy groups -OCH3 is 1. The first-order valence-electron chi connectivity index (χ1n) is 7.40. The summed E-state index contributed by atoms with van der Waals surface area (Å²) in [5, 5.41) is 2.87. The van der Waals surface area contributed by atoms with Gasteiger partial charge in [-0.05, 0) is 43.0 Å². The third-order valence-electron chi connectivity index (χ3n) is 3.98. The van der Waals surface area contributed by atoms with Crippen molar-refractivity contribution >= 4 is 17.6 Å². The molecule has 0 atom stereocenters. The SMILES string of the molecule is COC(=O)c1ccc(NC(=O)C[NH+]2CCC(C)CC2)cc1. The molecular weight excluding hydrogens is 268 g/mol. The van der Waals surface area contributed by atoms with E-state index >= 15 is 0 Å². The molecule has 1 heterocycles. The van der Waals surface area contributed by atoms with Crippen molar-refractivity contribution in [2.45, 2.75) is 19.8 Å². The van der Waals surface area contributed by atoms with Crippen molar-refractivity contribution in [3.63, 3.8) is 0 Å². The smallest absolute Gasteiger partial charge is 0.337 e. The summed E-state index contributed by atoms with van der Waals surface area (Å²) in [4.78, 5) is 24.7. The fourth-order valence-corrected chi connectivity index (χ4v) is 2.59. The Kier molecular flexibility index (Phi) is 5.33. The number of rotatable bonds is 4. The molecule has 1 aromatic rings. The lowest BCUT2D eigenvalue weighted by atomic mass is 9.99. The highest BCUT2D eigenvalue weighted by Gasteiger charge is 2.21. The van der Waals surface area contributed by atoms with Gasteiger partial charge in [-0.2, -0.15) is 0 Å². The van der Waals surface area contributed by atoms with E-state index in [1.54, 1.807) is 24.3 Å². The molecule has 1 fully saturated rings. The van der Waals surface area contributed by atoms with E-state index in [1.807, 2.05) is 0 Å². The number of carbonyl (C=O) groups excluding carboxylic acids is 2. The lowest BCUT2D eigenvalue weighted by molar-refractivity contribution is -0.897. The summed E-state index contributed by atoms with van der Waals surface area (Å²) in [6, 6.07) is 6.74. The van der Waals surface area contributed by atoms with E-state index in [2.05, 4.69) is 17.0 Å². The molecule has 1 aliphatic rings. The van der Waals surface area contributed by atoms with E-state index in [4.69, 9.17) is 0 Å². The average molecular weight is 291 g/mol. The van der Waals surface area contributed by atoms with Crippen LogP contribution >= 0.6 is 0 Å². The minimum absolute atomic E-state index is 0.0189. The number of nitrogens with one attached hydrogen (secondary N) is 2. The molecule has 0 aliphatic carbocycles. The molecule has 114 valence electrons. The second kappa shape index (κ2) is 7.22. The summed E-state index contributed by atoms with van der Waals surface area (Å²) < 4.78 is 4.64. The number of amides is 1. The third kappa shape index (κ3) is 4.56. The maximum Gasteiger partial charge on any atom is 0.337 e. The van der Waals surface area contributed by atoms with Crippen LogP contribution in [0.3, 0.4) is 0 Å². The number of carbonyl (C=O) groups is 2. The molecule has 1 amide bonds. The van der Waals surface area contributed by atoms with E-state index in [9.17, 15) is 9.59 Å². The van der Waals surface area contributed by atoms with Crippen molar-refractivity contribution in [1.29, 1.82) is 0 Å². The quantitative estimate of drug-likeness (QED) is 0.804. The summed E-state index contributed by atoms with van der Waals surface area (Å²) in [5.74, 6) is 0.424. The molecule has 0 unspecified atom stereocenters. The lowest BCUT2D eigenvalue weighted by Gasteiger charge is -2.26. The number of piperidine rings is 1. The molecule has 1 aromatic carbocycles. The Labute approximate surface area is 125 Å². The van der Waals surface area contributed by atoms with Crippen LogP contribution in [-0.2, 0) is 9.53 Å². The van der Waals surface area contributed by atoms with E-state index in [-0.39, 0.29) is 11.9 Å². The number of esters is 1. The molecule has 1 saturated heterocycles. The van der Waals surface area contributed by atoms with Crippen molar-refractivity contribution in [3.05, 3.63) is 29.8 Å². The number of benzene rings is 1. The topological polar surface area (TPSA) is 59.8 Å². The van der Waals surface area contributed by atoms with Crippen LogP contribution in [0.25, 0.3) is 0 Å². The zero-order valence-corrected chi connectivity index (χ0v) is 12.6. The number of likely N-dealkylation sites (tertiary alicyclic amines) is 1. The fourth-order valence-electron chi connectivity index (χ4n) is 2.59. The first-order valence-corrected chi connectivity index (χ1v) is 7.40. The van der Waals surface area contributed by atoms with Gasteiger partial charge in [-0.1, -0.05) is 6.92 Å². The van der Waals surface area contributed by atoms with Crippen LogP contribution in [0.2, 0.25) is 0 Å². The molecule has 0 bridgehead atoms. The largest absolute Gasteiger partial charge is 0.465 e. The highest BCUT2D eigenvalue weighted by Crippen LogP contribution is 2.10. The summed E-state index contributed by atoms with van der Waals surface area (Å²) in [6.45, 7) is 4.90. The van der Waals surface area contributed by atoms with Gasteiger partial charge in [-0.15, -0.1) is 0 Å². The molecule has 5 heteroatoms. The molecule has 5 nitrogen and oxygen atoms in total. The van der Waals surface area contributed by atoms with Gasteiger partial charge in [0.15, 0.2) is 6.54 Å². The van der Waals surface area contributed by atoms with Crippen LogP contribution < -0.4 is 10.2 Å². The average Bonchev–Trinajstić information content (AvgIpc) is 2.49. The number of quaternary nitrogens is 1. The van der Waals surface area contributed by atoms with Gasteiger partial charge in [-0.3, -0.25) is 4.79 Å². The minimum Gasteiger partial charge on any atom is -0.465 e. The highest BCUT2D eigenvalue weighted by molar-refractivity contribution is 5.93. The van der Waals surface area contributed by atoms with Gasteiger partial charge in [0.05, 0.1) is 25.8 Å². The minimum atomic E-state index is -0.375. The Balaban J connectivity index is 1.83. The second-order valence-electron chi connectivity index (χ2n) is 5.73. The van der Waals surface area contributed by atoms with Gasteiger partial charge in [0.2, 0.25) is 0 Å². The van der Waals surface area contributed by atoms with Crippen LogP contribution in [0.5, 0.6) is 0 Å². The molecule has 1 aliphatic heterocycles. The van der Waals surface area contributed by atoms with Crippen molar-refractivity contribution < 1.29 is 19.2 Å². The highest BCUT2D eigenvalue weighted by atomic mass is 16.5. The first kappa shape index (κ1) is 15.5. The monoisotopic (exact) mass is 291 g/mol. The van der Waals surface area contributed by atoms with Crippen LogP contribution in [-0.4, -0.2) is 38.6 Å². The van der Waals surface area contributed by atoms with Crippen LogP contribution in [0, 0.1) is 5.92 Å². The second-order valence-corrected chi connectivity index (χ2v) is 5.73. The molecule has 0 aromatic heterocycles. The van der Waals surface area contributed by atoms with Crippen molar-refractivity contribution in [3.8, 4) is 0 Å². The molecular formula is C16H23N2O3+. The van der Waals surface area contributed by atoms with Crippen LogP contribution in [0.15, 0.2) is 24.3 Å². The zero-order chi connectivity index (χ0) is 15.2. The fraction of sp³-hybridized carbons (Fsp3) is 0.500. The van der Waals surface area contributed by atoms with Crippen molar-refractivity contribution in [1.82, 2.24) is 0 Å². The normalized spacial score (nSPS) is 21.6. The number of anilines is 1. The lowest BCUT2D eigenvalue weighted by Crippen LogP contribution is -3.14. The zero-order valence-electron chi connectivity index (χ0n) is 12.6. The molecule has 0 spiro atoms. The predicted molar refractivity (Wildman–Crippen MR) is 80.4 cm³/mol. The molecule has 0 saturated carbocycles. The summed E-state index contributed by atoms with van der Waals surface area (Å²) in [5.41, 5.74) is 1.18. The van der Waals surface area contributed by atoms with Crippen LogP contribution in [0.4, 0.5) is 5.69 Å². The van der Waals surface area contributed by atoms with Crippen molar-refractivity contribution in [2.75, 3.05) is 32.1 Å². The Hall–Kier alpha value is -1.88. The first-order chi connectivity index (χ1) is 10.1. The predicted octanol–water partition coefficient (Wildman–Crippen LogP) is 0.726. The van der Waals surface area contributed by atoms with Gasteiger partial charge in [-0.25, -0.2) is 4.79 Å². The maximum atomic E-state index is 12.0. The van der Waals surface area contributed by atoms with Crippen molar-refractivity contribution in [2.24, 2.45) is 5.92 Å². The van der Waals surface area contributed by atoms with Gasteiger partial charge < -0.3 is 15.0 Å². The number of hydrogen-bond donors (Lipinski definition) is 2. The van der Waals surface area contributed by atoms with Gasteiger partial charge in [0.25, 0.3) is 5.91 Å². The van der Waals surface area contributed by atoms with Gasteiger partial charge in [0, 0.05) is 5.69 Å². The van der Waals surface area contributed by atoms with Gasteiger partial charge >= 0.3 is 5.97 Å². The Morgan fingerprint density at radius 1 is 1.24 bits per heavy atom. The molecule has 0 radical (unpaired) electrons. The number of ether oxygens (including phenoxy) is 1. The number of hydrogen-bond acceptors (Lipinski definition) is 3. The Morgan fingerprint density at radius 3 is 2.43 bits per heavy atom. The molecule has 2 N–H and O–H groups in total. The van der Waals surface area contributed by atoms with E-state index < -0.39 is 0 Å². The summed E-state index contributed by atoms with van der Waals surface area (Å²) >= 11 is 0. The standard InChI is InChI=1S/C16H22N2O3/c1-12-7-9-18(10-8-12)11-15(19)17-14-5-3-13(4-6-14)16(20)21-2/h3-6,12H,7-11H2,1-2H3,(H,17,19)/p+1. The van der Waals surface area contributed by atoms with Crippen LogP contribution in [0.1, 0.15) is 30.1 Å². The maximum absolute atomic E-state index is 12.0. The summed E-state index contributed by atoms with van der Waals surface area (Å²) in [7, 11) is 1.35. The van der Waals surface area contributed by atoms with E-state index in [0.29, 0.717) is 17.8 Å². The van der Waals surface area contributed by atoms with E-state index in [0.717, 1.165) is 19.0 Å².